The zero-order valence-electron chi connectivity index (χ0n) is 17.9. The monoisotopic (exact) mass is 417 g/mol. The number of likely N-dealkylation sites (tertiary alicyclic amines) is 1. The van der Waals surface area contributed by atoms with Crippen LogP contribution in [0.3, 0.4) is 0 Å². The summed E-state index contributed by atoms with van der Waals surface area (Å²) in [6.07, 6.45) is 3.78. The van der Waals surface area contributed by atoms with Crippen LogP contribution in [0.4, 0.5) is 5.69 Å². The average Bonchev–Trinajstić information content (AvgIpc) is 3.29. The van der Waals surface area contributed by atoms with Gasteiger partial charge in [-0.05, 0) is 61.7 Å². The molecule has 5 rings (SSSR count). The Bertz CT molecular complexity index is 1110. The van der Waals surface area contributed by atoms with Gasteiger partial charge < -0.3 is 24.3 Å². The minimum Gasteiger partial charge on any atom is -0.497 e. The number of hydrogen-bond donors (Lipinski definition) is 1. The number of hydrogen-bond acceptors (Lipinski definition) is 4. The molecule has 2 aliphatic heterocycles. The molecule has 160 valence electrons. The van der Waals surface area contributed by atoms with Crippen LogP contribution in [-0.4, -0.2) is 42.2 Å². The molecule has 1 fully saturated rings. The number of nitrogens with one attached hydrogen (secondary N) is 1. The summed E-state index contributed by atoms with van der Waals surface area (Å²) in [6, 6.07) is 18.2. The minimum atomic E-state index is -0.197. The Morgan fingerprint density at radius 3 is 2.68 bits per heavy atom. The lowest BCUT2D eigenvalue weighted by molar-refractivity contribution is -0.134. The predicted octanol–water partition coefficient (Wildman–Crippen LogP) is 4.12. The Morgan fingerprint density at radius 2 is 1.90 bits per heavy atom. The molecule has 0 unspecified atom stereocenters. The van der Waals surface area contributed by atoms with Crippen molar-refractivity contribution in [1.82, 2.24) is 9.47 Å². The van der Waals surface area contributed by atoms with Gasteiger partial charge in [0.15, 0.2) is 6.61 Å². The van der Waals surface area contributed by atoms with Crippen molar-refractivity contribution in [3.05, 3.63) is 72.1 Å². The SMILES string of the molecule is COc1ccc2c(c1)NC1(CCN(C(=O)COc3cccc(C)c3)CC1)c1cccn1-2. The molecule has 0 atom stereocenters. The van der Waals surface area contributed by atoms with Crippen LogP contribution in [-0.2, 0) is 10.3 Å². The summed E-state index contributed by atoms with van der Waals surface area (Å²) in [6.45, 7) is 3.46. The molecular formula is C25H27N3O3. The highest BCUT2D eigenvalue weighted by Gasteiger charge is 2.42. The fraction of sp³-hybridized carbons (Fsp3) is 0.320. The van der Waals surface area contributed by atoms with Gasteiger partial charge in [-0.3, -0.25) is 4.79 Å². The molecule has 0 bridgehead atoms. The van der Waals surface area contributed by atoms with Crippen LogP contribution in [0.5, 0.6) is 11.5 Å². The maximum absolute atomic E-state index is 12.8. The summed E-state index contributed by atoms with van der Waals surface area (Å²) >= 11 is 0. The van der Waals surface area contributed by atoms with Crippen LogP contribution in [0.2, 0.25) is 0 Å². The highest BCUT2D eigenvalue weighted by molar-refractivity contribution is 5.78. The number of ether oxygens (including phenoxy) is 2. The molecule has 2 aliphatic rings. The Balaban J connectivity index is 1.30. The Labute approximate surface area is 182 Å². The number of nitrogens with zero attached hydrogens (tertiary/aromatic N) is 2. The normalized spacial score (nSPS) is 16.3. The van der Waals surface area contributed by atoms with E-state index < -0.39 is 0 Å². The number of benzene rings is 2. The second kappa shape index (κ2) is 7.69. The fourth-order valence-corrected chi connectivity index (χ4v) is 4.72. The van der Waals surface area contributed by atoms with Crippen LogP contribution >= 0.6 is 0 Å². The maximum atomic E-state index is 12.8. The van der Waals surface area contributed by atoms with E-state index in [0.717, 1.165) is 41.3 Å². The summed E-state index contributed by atoms with van der Waals surface area (Å²) in [5.74, 6) is 1.60. The number of aryl methyl sites for hydroxylation is 1. The van der Waals surface area contributed by atoms with E-state index in [2.05, 4.69) is 34.3 Å². The molecule has 3 heterocycles. The summed E-state index contributed by atoms with van der Waals surface area (Å²) in [7, 11) is 1.68. The number of methoxy groups -OCH3 is 1. The van der Waals surface area contributed by atoms with Crippen molar-refractivity contribution in [2.45, 2.75) is 25.3 Å². The number of rotatable bonds is 4. The van der Waals surface area contributed by atoms with E-state index in [-0.39, 0.29) is 18.1 Å². The highest BCUT2D eigenvalue weighted by Crippen LogP contribution is 2.44. The Kier molecular flexibility index (Phi) is 4.85. The quantitative estimate of drug-likeness (QED) is 0.694. The molecule has 0 radical (unpaired) electrons. The molecule has 2 aromatic carbocycles. The maximum Gasteiger partial charge on any atom is 0.260 e. The van der Waals surface area contributed by atoms with Gasteiger partial charge >= 0.3 is 0 Å². The first-order valence-corrected chi connectivity index (χ1v) is 10.7. The van der Waals surface area contributed by atoms with Gasteiger partial charge in [0.25, 0.3) is 5.91 Å². The highest BCUT2D eigenvalue weighted by atomic mass is 16.5. The van der Waals surface area contributed by atoms with E-state index in [4.69, 9.17) is 9.47 Å². The van der Waals surface area contributed by atoms with E-state index >= 15 is 0 Å². The third-order valence-electron chi connectivity index (χ3n) is 6.40. The molecule has 6 nitrogen and oxygen atoms in total. The molecule has 1 amide bonds. The second-order valence-electron chi connectivity index (χ2n) is 8.34. The van der Waals surface area contributed by atoms with Crippen LogP contribution in [0.15, 0.2) is 60.8 Å². The van der Waals surface area contributed by atoms with Crippen LogP contribution < -0.4 is 14.8 Å². The molecular weight excluding hydrogens is 390 g/mol. The Morgan fingerprint density at radius 1 is 1.06 bits per heavy atom. The van der Waals surface area contributed by atoms with Crippen molar-refractivity contribution in [1.29, 1.82) is 0 Å². The molecule has 1 N–H and O–H groups in total. The number of fused-ring (bicyclic) bond motifs is 4. The van der Waals surface area contributed by atoms with Crippen molar-refractivity contribution in [3.63, 3.8) is 0 Å². The van der Waals surface area contributed by atoms with Crippen LogP contribution in [0.1, 0.15) is 24.1 Å². The third kappa shape index (κ3) is 3.52. The van der Waals surface area contributed by atoms with E-state index in [9.17, 15) is 4.79 Å². The van der Waals surface area contributed by atoms with Crippen LogP contribution in [0.25, 0.3) is 5.69 Å². The van der Waals surface area contributed by atoms with E-state index in [1.807, 2.05) is 48.2 Å². The summed E-state index contributed by atoms with van der Waals surface area (Å²) in [5.41, 5.74) is 4.35. The number of carbonyl (C=O) groups excluding carboxylic acids is 1. The molecule has 31 heavy (non-hydrogen) atoms. The first-order valence-electron chi connectivity index (χ1n) is 10.7. The van der Waals surface area contributed by atoms with Crippen molar-refractivity contribution >= 4 is 11.6 Å². The molecule has 0 aliphatic carbocycles. The largest absolute Gasteiger partial charge is 0.497 e. The lowest BCUT2D eigenvalue weighted by atomic mass is 9.82. The first-order chi connectivity index (χ1) is 15.1. The van der Waals surface area contributed by atoms with Gasteiger partial charge in [0.2, 0.25) is 0 Å². The molecule has 3 aromatic rings. The minimum absolute atomic E-state index is 0.0321. The van der Waals surface area contributed by atoms with Crippen molar-refractivity contribution in [3.8, 4) is 17.2 Å². The molecule has 1 saturated heterocycles. The summed E-state index contributed by atoms with van der Waals surface area (Å²) in [5, 5.41) is 3.78. The molecule has 1 spiro atoms. The Hall–Kier alpha value is -3.41. The standard InChI is InChI=1S/C25H27N3O3/c1-18-5-3-6-20(15-18)31-17-24(29)27-13-10-25(11-14-27)23-7-4-12-28(23)22-9-8-19(30-2)16-21(22)26-25/h3-9,12,15-16,26H,10-11,13-14,17H2,1-2H3. The zero-order chi connectivity index (χ0) is 21.4. The topological polar surface area (TPSA) is 55.7 Å². The van der Waals surface area contributed by atoms with Gasteiger partial charge in [-0.15, -0.1) is 0 Å². The van der Waals surface area contributed by atoms with Gasteiger partial charge in [0, 0.05) is 31.0 Å². The predicted molar refractivity (Wildman–Crippen MR) is 120 cm³/mol. The number of piperidine rings is 1. The van der Waals surface area contributed by atoms with E-state index in [1.54, 1.807) is 7.11 Å². The van der Waals surface area contributed by atoms with Crippen molar-refractivity contribution in [2.75, 3.05) is 32.1 Å². The molecule has 0 saturated carbocycles. The van der Waals surface area contributed by atoms with E-state index in [0.29, 0.717) is 13.1 Å². The number of aromatic nitrogens is 1. The van der Waals surface area contributed by atoms with Crippen molar-refractivity contribution in [2.24, 2.45) is 0 Å². The number of carbonyl (C=O) groups is 1. The second-order valence-corrected chi connectivity index (χ2v) is 8.34. The van der Waals surface area contributed by atoms with Gasteiger partial charge in [0.1, 0.15) is 11.5 Å². The molecule has 6 heteroatoms. The molecule has 1 aromatic heterocycles. The lowest BCUT2D eigenvalue weighted by Gasteiger charge is -2.46. The van der Waals surface area contributed by atoms with Crippen molar-refractivity contribution < 1.29 is 14.3 Å². The number of anilines is 1. The number of amides is 1. The lowest BCUT2D eigenvalue weighted by Crippen LogP contribution is -2.51. The van der Waals surface area contributed by atoms with Gasteiger partial charge in [-0.1, -0.05) is 12.1 Å². The summed E-state index contributed by atoms with van der Waals surface area (Å²) < 4.78 is 13.4. The van der Waals surface area contributed by atoms with E-state index in [1.165, 1.54) is 5.69 Å². The third-order valence-corrected chi connectivity index (χ3v) is 6.40. The van der Waals surface area contributed by atoms with Crippen LogP contribution in [0, 0.1) is 6.92 Å². The average molecular weight is 418 g/mol. The van der Waals surface area contributed by atoms with Gasteiger partial charge in [-0.2, -0.15) is 0 Å². The summed E-state index contributed by atoms with van der Waals surface area (Å²) in [4.78, 5) is 14.7. The smallest absolute Gasteiger partial charge is 0.260 e. The first kappa shape index (κ1) is 19.5. The zero-order valence-corrected chi connectivity index (χ0v) is 17.9. The fourth-order valence-electron chi connectivity index (χ4n) is 4.72. The van der Waals surface area contributed by atoms with Gasteiger partial charge in [-0.25, -0.2) is 0 Å². The van der Waals surface area contributed by atoms with Gasteiger partial charge in [0.05, 0.1) is 24.0 Å².